The summed E-state index contributed by atoms with van der Waals surface area (Å²) >= 11 is 0. The Labute approximate surface area is 133 Å². The van der Waals surface area contributed by atoms with Crippen molar-refractivity contribution in [1.29, 1.82) is 0 Å². The van der Waals surface area contributed by atoms with Gasteiger partial charge in [-0.3, -0.25) is 4.79 Å². The first-order valence-electron chi connectivity index (χ1n) is 7.08. The van der Waals surface area contributed by atoms with Gasteiger partial charge in [0.2, 0.25) is 0 Å². The van der Waals surface area contributed by atoms with Crippen molar-refractivity contribution in [1.82, 2.24) is 9.97 Å². The zero-order valence-electron chi connectivity index (χ0n) is 12.5. The number of benzene rings is 2. The van der Waals surface area contributed by atoms with Gasteiger partial charge in [-0.2, -0.15) is 0 Å². The van der Waals surface area contributed by atoms with Crippen LogP contribution in [0, 0.1) is 12.7 Å². The van der Waals surface area contributed by atoms with Crippen molar-refractivity contribution in [2.75, 3.05) is 5.32 Å². The third-order valence-corrected chi connectivity index (χ3v) is 3.33. The number of hydrogen-bond acceptors (Lipinski definition) is 3. The lowest BCUT2D eigenvalue weighted by Gasteiger charge is -2.06. The number of rotatable bonds is 3. The SMILES string of the molecule is Cc1ccc(-c2ncc(NC(=O)c3ccc(F)cc3)cn2)cc1. The van der Waals surface area contributed by atoms with Gasteiger partial charge in [0.1, 0.15) is 5.82 Å². The number of carbonyl (C=O) groups is 1. The minimum Gasteiger partial charge on any atom is -0.319 e. The van der Waals surface area contributed by atoms with Crippen molar-refractivity contribution in [3.8, 4) is 11.4 Å². The molecule has 1 aromatic heterocycles. The van der Waals surface area contributed by atoms with Gasteiger partial charge in [0.15, 0.2) is 5.82 Å². The van der Waals surface area contributed by atoms with E-state index in [0.717, 1.165) is 11.1 Å². The maximum Gasteiger partial charge on any atom is 0.255 e. The van der Waals surface area contributed by atoms with Gasteiger partial charge in [0.05, 0.1) is 18.1 Å². The standard InChI is InChI=1S/C18H14FN3O/c1-12-2-4-13(5-3-12)17-20-10-16(11-21-17)22-18(23)14-6-8-15(19)9-7-14/h2-11H,1H3,(H,22,23). The van der Waals surface area contributed by atoms with E-state index in [0.29, 0.717) is 17.1 Å². The fourth-order valence-electron chi connectivity index (χ4n) is 2.05. The third-order valence-electron chi connectivity index (χ3n) is 3.33. The van der Waals surface area contributed by atoms with Crippen LogP contribution in [-0.2, 0) is 0 Å². The van der Waals surface area contributed by atoms with Gasteiger partial charge < -0.3 is 5.32 Å². The van der Waals surface area contributed by atoms with Crippen LogP contribution in [0.3, 0.4) is 0 Å². The quantitative estimate of drug-likeness (QED) is 0.799. The first-order chi connectivity index (χ1) is 11.1. The second-order valence-electron chi connectivity index (χ2n) is 5.12. The van der Waals surface area contributed by atoms with Crippen molar-refractivity contribution in [3.05, 3.63) is 77.9 Å². The molecule has 0 aliphatic carbocycles. The number of carbonyl (C=O) groups excluding carboxylic acids is 1. The van der Waals surface area contributed by atoms with E-state index in [-0.39, 0.29) is 11.7 Å². The molecule has 23 heavy (non-hydrogen) atoms. The average molecular weight is 307 g/mol. The van der Waals surface area contributed by atoms with Crippen molar-refractivity contribution in [3.63, 3.8) is 0 Å². The molecule has 0 aliphatic heterocycles. The molecule has 0 spiro atoms. The molecule has 1 heterocycles. The largest absolute Gasteiger partial charge is 0.319 e. The molecule has 0 radical (unpaired) electrons. The molecule has 0 fully saturated rings. The van der Waals surface area contributed by atoms with E-state index in [1.807, 2.05) is 31.2 Å². The van der Waals surface area contributed by atoms with Gasteiger partial charge in [-0.25, -0.2) is 14.4 Å². The van der Waals surface area contributed by atoms with Crippen LogP contribution in [0.5, 0.6) is 0 Å². The first-order valence-corrected chi connectivity index (χ1v) is 7.08. The molecule has 0 saturated heterocycles. The van der Waals surface area contributed by atoms with Crippen molar-refractivity contribution < 1.29 is 9.18 Å². The van der Waals surface area contributed by atoms with Crippen LogP contribution in [0.25, 0.3) is 11.4 Å². The number of halogens is 1. The zero-order valence-corrected chi connectivity index (χ0v) is 12.5. The number of nitrogens with zero attached hydrogens (tertiary/aromatic N) is 2. The Morgan fingerprint density at radius 2 is 1.57 bits per heavy atom. The summed E-state index contributed by atoms with van der Waals surface area (Å²) in [6, 6.07) is 13.2. The average Bonchev–Trinajstić information content (AvgIpc) is 2.57. The van der Waals surface area contributed by atoms with Gasteiger partial charge in [0.25, 0.3) is 5.91 Å². The maximum absolute atomic E-state index is 12.9. The summed E-state index contributed by atoms with van der Waals surface area (Å²) in [6.45, 7) is 2.01. The van der Waals surface area contributed by atoms with E-state index in [1.165, 1.54) is 24.3 Å². The summed E-state index contributed by atoms with van der Waals surface area (Å²) < 4.78 is 12.9. The minimum absolute atomic E-state index is 0.336. The highest BCUT2D eigenvalue weighted by atomic mass is 19.1. The molecular weight excluding hydrogens is 293 g/mol. The Kier molecular flexibility index (Phi) is 4.10. The summed E-state index contributed by atoms with van der Waals surface area (Å²) in [7, 11) is 0. The van der Waals surface area contributed by atoms with Crippen molar-refractivity contribution in [2.24, 2.45) is 0 Å². The number of aryl methyl sites for hydroxylation is 1. The molecular formula is C18H14FN3O. The van der Waals surface area contributed by atoms with E-state index < -0.39 is 0 Å². The van der Waals surface area contributed by atoms with Crippen LogP contribution in [0.15, 0.2) is 60.9 Å². The Morgan fingerprint density at radius 3 is 2.17 bits per heavy atom. The molecule has 0 bridgehead atoms. The smallest absolute Gasteiger partial charge is 0.255 e. The molecule has 3 rings (SSSR count). The van der Waals surface area contributed by atoms with Crippen LogP contribution in [0.1, 0.15) is 15.9 Å². The second kappa shape index (κ2) is 6.36. The third kappa shape index (κ3) is 3.58. The number of anilines is 1. The molecule has 4 nitrogen and oxygen atoms in total. The van der Waals surface area contributed by atoms with E-state index in [9.17, 15) is 9.18 Å². The highest BCUT2D eigenvalue weighted by Gasteiger charge is 2.07. The normalized spacial score (nSPS) is 10.3. The van der Waals surface area contributed by atoms with E-state index >= 15 is 0 Å². The Bertz CT molecular complexity index is 812. The summed E-state index contributed by atoms with van der Waals surface area (Å²) in [6.07, 6.45) is 3.09. The zero-order chi connectivity index (χ0) is 16.2. The van der Waals surface area contributed by atoms with E-state index in [2.05, 4.69) is 15.3 Å². The molecule has 114 valence electrons. The van der Waals surface area contributed by atoms with Crippen LogP contribution in [0.2, 0.25) is 0 Å². The number of aromatic nitrogens is 2. The Morgan fingerprint density at radius 1 is 0.957 bits per heavy atom. The minimum atomic E-state index is -0.382. The van der Waals surface area contributed by atoms with Gasteiger partial charge in [0, 0.05) is 11.1 Å². The Balaban J connectivity index is 1.73. The molecule has 0 unspecified atom stereocenters. The maximum atomic E-state index is 12.9. The lowest BCUT2D eigenvalue weighted by atomic mass is 10.1. The molecule has 0 saturated carbocycles. The Hall–Kier alpha value is -3.08. The van der Waals surface area contributed by atoms with Crippen LogP contribution < -0.4 is 5.32 Å². The van der Waals surface area contributed by atoms with Crippen LogP contribution >= 0.6 is 0 Å². The van der Waals surface area contributed by atoms with Gasteiger partial charge in [-0.1, -0.05) is 29.8 Å². The predicted molar refractivity (Wildman–Crippen MR) is 86.6 cm³/mol. The van der Waals surface area contributed by atoms with Crippen molar-refractivity contribution in [2.45, 2.75) is 6.92 Å². The van der Waals surface area contributed by atoms with Gasteiger partial charge in [-0.15, -0.1) is 0 Å². The van der Waals surface area contributed by atoms with Gasteiger partial charge in [-0.05, 0) is 31.2 Å². The number of amides is 1. The lowest BCUT2D eigenvalue weighted by molar-refractivity contribution is 0.102. The monoisotopic (exact) mass is 307 g/mol. The van der Waals surface area contributed by atoms with Crippen molar-refractivity contribution >= 4 is 11.6 Å². The number of nitrogens with one attached hydrogen (secondary N) is 1. The van der Waals surface area contributed by atoms with E-state index in [4.69, 9.17) is 0 Å². The fourth-order valence-corrected chi connectivity index (χ4v) is 2.05. The summed E-state index contributed by atoms with van der Waals surface area (Å²) in [5, 5.41) is 2.68. The van der Waals surface area contributed by atoms with Crippen LogP contribution in [0.4, 0.5) is 10.1 Å². The summed E-state index contributed by atoms with van der Waals surface area (Å²) in [5.74, 6) is -0.131. The molecule has 0 aliphatic rings. The molecule has 0 atom stereocenters. The molecule has 1 amide bonds. The molecule has 2 aromatic carbocycles. The lowest BCUT2D eigenvalue weighted by Crippen LogP contribution is -2.12. The molecule has 5 heteroatoms. The number of hydrogen-bond donors (Lipinski definition) is 1. The van der Waals surface area contributed by atoms with E-state index in [1.54, 1.807) is 12.4 Å². The highest BCUT2D eigenvalue weighted by Crippen LogP contribution is 2.16. The van der Waals surface area contributed by atoms with Crippen LogP contribution in [-0.4, -0.2) is 15.9 Å². The first kappa shape index (κ1) is 14.8. The summed E-state index contributed by atoms with van der Waals surface area (Å²) in [5.41, 5.74) is 2.92. The summed E-state index contributed by atoms with van der Waals surface area (Å²) in [4.78, 5) is 20.5. The highest BCUT2D eigenvalue weighted by molar-refractivity contribution is 6.04. The second-order valence-corrected chi connectivity index (χ2v) is 5.12. The topological polar surface area (TPSA) is 54.9 Å². The fraction of sp³-hybridized carbons (Fsp3) is 0.0556. The molecule has 3 aromatic rings. The predicted octanol–water partition coefficient (Wildman–Crippen LogP) is 3.84. The molecule has 1 N–H and O–H groups in total. The van der Waals surface area contributed by atoms with Gasteiger partial charge >= 0.3 is 0 Å².